The summed E-state index contributed by atoms with van der Waals surface area (Å²) in [6, 6.07) is 0. The molecule has 0 fully saturated rings. The van der Waals surface area contributed by atoms with Crippen molar-refractivity contribution in [3.05, 3.63) is 0 Å². The summed E-state index contributed by atoms with van der Waals surface area (Å²) in [5.74, 6) is -0.781. The molecule has 0 aromatic heterocycles. The van der Waals surface area contributed by atoms with E-state index in [1.807, 2.05) is 0 Å². The molecule has 0 saturated carbocycles. The van der Waals surface area contributed by atoms with Gasteiger partial charge in [-0.2, -0.15) is 0 Å². The van der Waals surface area contributed by atoms with Crippen molar-refractivity contribution in [2.24, 2.45) is 0 Å². The zero-order valence-electron chi connectivity index (χ0n) is 22.0. The molecule has 0 aliphatic heterocycles. The van der Waals surface area contributed by atoms with Crippen molar-refractivity contribution < 1.29 is 14.6 Å². The van der Waals surface area contributed by atoms with E-state index in [4.69, 9.17) is 4.74 Å². The van der Waals surface area contributed by atoms with Crippen molar-refractivity contribution in [1.29, 1.82) is 0 Å². The summed E-state index contributed by atoms with van der Waals surface area (Å²) in [6.45, 7) is 5.14. The minimum atomic E-state index is -0.781. The van der Waals surface area contributed by atoms with Crippen LogP contribution in [0.4, 0.5) is 0 Å². The maximum Gasteiger partial charge on any atom is 0.332 e. The minimum Gasteiger partial charge on any atom is -0.479 e. The molecule has 0 radical (unpaired) electrons. The second-order valence-electron chi connectivity index (χ2n) is 9.91. The predicted molar refractivity (Wildman–Crippen MR) is 140 cm³/mol. The highest BCUT2D eigenvalue weighted by Crippen LogP contribution is 2.15. The number of hydrogen-bond donors (Lipinski definition) is 1. The van der Waals surface area contributed by atoms with Gasteiger partial charge in [0.05, 0.1) is 0 Å². The molecule has 0 bridgehead atoms. The van der Waals surface area contributed by atoms with E-state index in [9.17, 15) is 9.90 Å². The lowest BCUT2D eigenvalue weighted by atomic mass is 10.0. The number of aliphatic carboxylic acids is 1. The van der Waals surface area contributed by atoms with Gasteiger partial charge in [-0.1, -0.05) is 155 Å². The molecule has 0 aliphatic carbocycles. The fourth-order valence-electron chi connectivity index (χ4n) is 4.44. The number of rotatable bonds is 27. The third-order valence-corrected chi connectivity index (χ3v) is 6.66. The first kappa shape index (κ1) is 31.4. The van der Waals surface area contributed by atoms with Crippen LogP contribution >= 0.6 is 0 Å². The van der Waals surface area contributed by atoms with Crippen LogP contribution in [0.2, 0.25) is 0 Å². The second kappa shape index (κ2) is 26.7. The average molecular weight is 455 g/mol. The van der Waals surface area contributed by atoms with E-state index in [1.165, 1.54) is 128 Å². The predicted octanol–water partition coefficient (Wildman–Crippen LogP) is 9.86. The molecule has 3 heteroatoms. The van der Waals surface area contributed by atoms with Crippen LogP contribution in [0.25, 0.3) is 0 Å². The summed E-state index contributed by atoms with van der Waals surface area (Å²) in [4.78, 5) is 11.4. The Morgan fingerprint density at radius 2 is 0.844 bits per heavy atom. The fourth-order valence-corrected chi connectivity index (χ4v) is 4.44. The molecule has 1 unspecified atom stereocenters. The van der Waals surface area contributed by atoms with Gasteiger partial charge in [-0.15, -0.1) is 0 Å². The van der Waals surface area contributed by atoms with Crippen molar-refractivity contribution in [3.63, 3.8) is 0 Å². The Balaban J connectivity index is 3.42. The van der Waals surface area contributed by atoms with Crippen LogP contribution in [0, 0.1) is 0 Å². The molecule has 0 spiro atoms. The van der Waals surface area contributed by atoms with Gasteiger partial charge in [-0.3, -0.25) is 0 Å². The molecule has 0 saturated heterocycles. The molecule has 0 aromatic carbocycles. The van der Waals surface area contributed by atoms with Gasteiger partial charge in [-0.05, 0) is 12.8 Å². The third kappa shape index (κ3) is 24.1. The number of carboxylic acid groups (broad SMARTS) is 1. The zero-order valence-corrected chi connectivity index (χ0v) is 22.0. The summed E-state index contributed by atoms with van der Waals surface area (Å²) in [7, 11) is 0. The van der Waals surface area contributed by atoms with Crippen molar-refractivity contribution in [3.8, 4) is 0 Å². The lowest BCUT2D eigenvalue weighted by Gasteiger charge is -2.13. The molecule has 0 rings (SSSR count). The Bertz CT molecular complexity index is 369. The zero-order chi connectivity index (χ0) is 23.5. The smallest absolute Gasteiger partial charge is 0.332 e. The van der Waals surface area contributed by atoms with E-state index in [2.05, 4.69) is 13.8 Å². The summed E-state index contributed by atoms with van der Waals surface area (Å²) in [6.07, 6.45) is 30.1. The molecule has 192 valence electrons. The lowest BCUT2D eigenvalue weighted by molar-refractivity contribution is -0.151. The SMILES string of the molecule is CCCCCCCCCCCCCCOC(CCCCCCCCCCCCC)C(=O)O. The highest BCUT2D eigenvalue weighted by Gasteiger charge is 2.17. The van der Waals surface area contributed by atoms with E-state index in [1.54, 1.807) is 0 Å². The van der Waals surface area contributed by atoms with Crippen LogP contribution in [0.3, 0.4) is 0 Å². The molecule has 1 atom stereocenters. The Morgan fingerprint density at radius 1 is 0.531 bits per heavy atom. The van der Waals surface area contributed by atoms with Crippen LogP contribution in [-0.2, 0) is 9.53 Å². The third-order valence-electron chi connectivity index (χ3n) is 6.66. The van der Waals surface area contributed by atoms with Crippen LogP contribution in [0.5, 0.6) is 0 Å². The summed E-state index contributed by atoms with van der Waals surface area (Å²) < 4.78 is 5.69. The molecule has 0 heterocycles. The Hall–Kier alpha value is -0.570. The number of hydrogen-bond acceptors (Lipinski definition) is 2. The number of unbranched alkanes of at least 4 members (excludes halogenated alkanes) is 21. The Labute approximate surface area is 201 Å². The van der Waals surface area contributed by atoms with Gasteiger partial charge in [-0.25, -0.2) is 4.79 Å². The number of carbonyl (C=O) groups is 1. The number of carboxylic acids is 1. The number of ether oxygens (including phenoxy) is 1. The lowest BCUT2D eigenvalue weighted by Crippen LogP contribution is -2.24. The van der Waals surface area contributed by atoms with Crippen LogP contribution in [0.1, 0.15) is 168 Å². The first-order valence-corrected chi connectivity index (χ1v) is 14.6. The quantitative estimate of drug-likeness (QED) is 0.126. The first-order valence-electron chi connectivity index (χ1n) is 14.6. The monoisotopic (exact) mass is 454 g/mol. The maximum atomic E-state index is 11.4. The van der Waals surface area contributed by atoms with Crippen LogP contribution < -0.4 is 0 Å². The molecule has 3 nitrogen and oxygen atoms in total. The van der Waals surface area contributed by atoms with Crippen LogP contribution in [-0.4, -0.2) is 23.8 Å². The average Bonchev–Trinajstić information content (AvgIpc) is 2.78. The van der Waals surface area contributed by atoms with Gasteiger partial charge in [0.25, 0.3) is 0 Å². The highest BCUT2D eigenvalue weighted by atomic mass is 16.5. The Morgan fingerprint density at radius 3 is 1.19 bits per heavy atom. The second-order valence-corrected chi connectivity index (χ2v) is 9.91. The van der Waals surface area contributed by atoms with Gasteiger partial charge >= 0.3 is 5.97 Å². The standard InChI is InChI=1S/C29H58O3/c1-3-5-7-9-11-13-15-17-19-21-23-25-27-32-28(29(30)31)26-24-22-20-18-16-14-12-10-8-6-4-2/h28H,3-27H2,1-2H3,(H,30,31). The van der Waals surface area contributed by atoms with Crippen molar-refractivity contribution in [1.82, 2.24) is 0 Å². The molecular weight excluding hydrogens is 396 g/mol. The van der Waals surface area contributed by atoms with E-state index in [-0.39, 0.29) is 0 Å². The normalized spacial score (nSPS) is 12.3. The molecule has 1 N–H and O–H groups in total. The molecule has 0 aromatic rings. The van der Waals surface area contributed by atoms with Crippen molar-refractivity contribution in [2.45, 2.75) is 174 Å². The van der Waals surface area contributed by atoms with Gasteiger partial charge in [0.15, 0.2) is 6.10 Å². The Kier molecular flexibility index (Phi) is 26.2. The van der Waals surface area contributed by atoms with E-state index < -0.39 is 12.1 Å². The van der Waals surface area contributed by atoms with E-state index in [0.29, 0.717) is 13.0 Å². The summed E-state index contributed by atoms with van der Waals surface area (Å²) >= 11 is 0. The van der Waals surface area contributed by atoms with Gasteiger partial charge < -0.3 is 9.84 Å². The first-order chi connectivity index (χ1) is 15.7. The topological polar surface area (TPSA) is 46.5 Å². The van der Waals surface area contributed by atoms with E-state index in [0.717, 1.165) is 19.3 Å². The van der Waals surface area contributed by atoms with Gasteiger partial charge in [0.1, 0.15) is 0 Å². The summed E-state index contributed by atoms with van der Waals surface area (Å²) in [5, 5.41) is 9.40. The van der Waals surface area contributed by atoms with Crippen LogP contribution in [0.15, 0.2) is 0 Å². The van der Waals surface area contributed by atoms with Crippen molar-refractivity contribution >= 4 is 5.97 Å². The fraction of sp³-hybridized carbons (Fsp3) is 0.966. The summed E-state index contributed by atoms with van der Waals surface area (Å²) in [5.41, 5.74) is 0. The molecule has 32 heavy (non-hydrogen) atoms. The molecule has 0 aliphatic rings. The van der Waals surface area contributed by atoms with Gasteiger partial charge in [0, 0.05) is 6.61 Å². The van der Waals surface area contributed by atoms with E-state index >= 15 is 0 Å². The molecule has 0 amide bonds. The maximum absolute atomic E-state index is 11.4. The van der Waals surface area contributed by atoms with Crippen molar-refractivity contribution in [2.75, 3.05) is 6.61 Å². The largest absolute Gasteiger partial charge is 0.479 e. The van der Waals surface area contributed by atoms with Gasteiger partial charge in [0.2, 0.25) is 0 Å². The highest BCUT2D eigenvalue weighted by molar-refractivity contribution is 5.72. The molecular formula is C29H58O3. The minimum absolute atomic E-state index is 0.596.